The van der Waals surface area contributed by atoms with E-state index in [0.29, 0.717) is 11.3 Å². The number of aliphatic carboxylic acids is 1. The standard InChI is InChI=1S/C21H15NO3/c1-14(12-20(23)24)25-19-11-10-16-4-2-3-5-18(16)21(19)17-8-6-15(13-22)7-9-17/h2-12H,1H3,(H,23,24). The predicted octanol–water partition coefficient (Wildman–Crippen LogP) is 4.75. The summed E-state index contributed by atoms with van der Waals surface area (Å²) in [5.41, 5.74) is 2.34. The molecule has 1 N–H and O–H groups in total. The number of allylic oxidation sites excluding steroid dienone is 1. The second-order valence-electron chi connectivity index (χ2n) is 5.54. The third kappa shape index (κ3) is 3.51. The van der Waals surface area contributed by atoms with Gasteiger partial charge in [0.2, 0.25) is 0 Å². The zero-order valence-electron chi connectivity index (χ0n) is 13.6. The molecule has 0 unspecified atom stereocenters. The fourth-order valence-corrected chi connectivity index (χ4v) is 2.72. The van der Waals surface area contributed by atoms with Crippen molar-refractivity contribution in [2.75, 3.05) is 0 Å². The van der Waals surface area contributed by atoms with E-state index in [-0.39, 0.29) is 5.76 Å². The first-order valence-corrected chi connectivity index (χ1v) is 7.70. The van der Waals surface area contributed by atoms with Crippen LogP contribution in [0.15, 0.2) is 72.5 Å². The Kier molecular flexibility index (Phi) is 4.49. The van der Waals surface area contributed by atoms with Gasteiger partial charge in [-0.25, -0.2) is 4.79 Å². The summed E-state index contributed by atoms with van der Waals surface area (Å²) in [6.45, 7) is 1.60. The van der Waals surface area contributed by atoms with Gasteiger partial charge in [-0.2, -0.15) is 5.26 Å². The first-order chi connectivity index (χ1) is 12.1. The lowest BCUT2D eigenvalue weighted by Gasteiger charge is -2.14. The smallest absolute Gasteiger partial charge is 0.331 e. The van der Waals surface area contributed by atoms with Crippen LogP contribution in [0.1, 0.15) is 12.5 Å². The highest BCUT2D eigenvalue weighted by atomic mass is 16.5. The number of benzene rings is 3. The van der Waals surface area contributed by atoms with Gasteiger partial charge in [-0.15, -0.1) is 0 Å². The minimum absolute atomic E-state index is 0.290. The molecule has 0 aliphatic heterocycles. The Labute approximate surface area is 145 Å². The number of nitriles is 1. The summed E-state index contributed by atoms with van der Waals surface area (Å²) in [5, 5.41) is 19.9. The number of hydrogen-bond donors (Lipinski definition) is 1. The third-order valence-corrected chi connectivity index (χ3v) is 3.79. The van der Waals surface area contributed by atoms with E-state index in [1.54, 1.807) is 19.1 Å². The van der Waals surface area contributed by atoms with Gasteiger partial charge < -0.3 is 9.84 Å². The SMILES string of the molecule is CC(=CC(=O)O)Oc1ccc2ccccc2c1-c1ccc(C#N)cc1. The first kappa shape index (κ1) is 16.3. The summed E-state index contributed by atoms with van der Waals surface area (Å²) in [6, 6.07) is 21.0. The zero-order valence-corrected chi connectivity index (χ0v) is 13.6. The van der Waals surface area contributed by atoms with Crippen LogP contribution in [0.3, 0.4) is 0 Å². The summed E-state index contributed by atoms with van der Waals surface area (Å²) < 4.78 is 5.79. The Morgan fingerprint density at radius 2 is 1.80 bits per heavy atom. The summed E-state index contributed by atoms with van der Waals surface area (Å²) >= 11 is 0. The average Bonchev–Trinajstić information content (AvgIpc) is 2.61. The molecular weight excluding hydrogens is 314 g/mol. The fourth-order valence-electron chi connectivity index (χ4n) is 2.72. The molecular formula is C21H15NO3. The largest absolute Gasteiger partial charge is 0.478 e. The number of carbonyl (C=O) groups is 1. The molecule has 0 aliphatic rings. The van der Waals surface area contributed by atoms with E-state index in [1.165, 1.54) is 0 Å². The Morgan fingerprint density at radius 3 is 2.48 bits per heavy atom. The van der Waals surface area contributed by atoms with Gasteiger partial charge >= 0.3 is 5.97 Å². The maximum absolute atomic E-state index is 10.9. The van der Waals surface area contributed by atoms with Crippen molar-refractivity contribution in [2.24, 2.45) is 0 Å². The molecule has 4 heteroatoms. The van der Waals surface area contributed by atoms with Gasteiger partial charge in [0.25, 0.3) is 0 Å². The Morgan fingerprint density at radius 1 is 1.08 bits per heavy atom. The minimum atomic E-state index is -1.06. The summed E-state index contributed by atoms with van der Waals surface area (Å²) in [5.74, 6) is -0.200. The lowest BCUT2D eigenvalue weighted by Crippen LogP contribution is -1.98. The van der Waals surface area contributed by atoms with Crippen LogP contribution in [0.2, 0.25) is 0 Å². The molecule has 0 fully saturated rings. The van der Waals surface area contributed by atoms with Crippen molar-refractivity contribution in [3.63, 3.8) is 0 Å². The fraction of sp³-hybridized carbons (Fsp3) is 0.0476. The zero-order chi connectivity index (χ0) is 17.8. The lowest BCUT2D eigenvalue weighted by molar-refractivity contribution is -0.131. The Bertz CT molecular complexity index is 1010. The van der Waals surface area contributed by atoms with Crippen molar-refractivity contribution < 1.29 is 14.6 Å². The highest BCUT2D eigenvalue weighted by Crippen LogP contribution is 2.38. The summed E-state index contributed by atoms with van der Waals surface area (Å²) in [7, 11) is 0. The molecule has 0 heterocycles. The monoisotopic (exact) mass is 329 g/mol. The molecule has 0 amide bonds. The molecule has 0 spiro atoms. The lowest BCUT2D eigenvalue weighted by atomic mass is 9.96. The molecule has 0 atom stereocenters. The van der Waals surface area contributed by atoms with Crippen LogP contribution >= 0.6 is 0 Å². The van der Waals surface area contributed by atoms with Crippen LogP contribution in [0.25, 0.3) is 21.9 Å². The number of ether oxygens (including phenoxy) is 1. The van der Waals surface area contributed by atoms with Crippen molar-refractivity contribution in [2.45, 2.75) is 6.92 Å². The van der Waals surface area contributed by atoms with E-state index in [4.69, 9.17) is 15.1 Å². The van der Waals surface area contributed by atoms with Gasteiger partial charge in [-0.3, -0.25) is 0 Å². The highest BCUT2D eigenvalue weighted by Gasteiger charge is 2.12. The van der Waals surface area contributed by atoms with Crippen molar-refractivity contribution in [3.8, 4) is 22.9 Å². The molecule has 3 aromatic rings. The van der Waals surface area contributed by atoms with Gasteiger partial charge in [-0.1, -0.05) is 42.5 Å². The second-order valence-corrected chi connectivity index (χ2v) is 5.54. The van der Waals surface area contributed by atoms with E-state index in [0.717, 1.165) is 28.0 Å². The maximum Gasteiger partial charge on any atom is 0.331 e. The molecule has 4 nitrogen and oxygen atoms in total. The molecule has 3 rings (SSSR count). The number of nitrogens with zero attached hydrogens (tertiary/aromatic N) is 1. The molecule has 0 bridgehead atoms. The minimum Gasteiger partial charge on any atom is -0.478 e. The van der Waals surface area contributed by atoms with E-state index >= 15 is 0 Å². The molecule has 0 saturated heterocycles. The number of rotatable bonds is 4. The van der Waals surface area contributed by atoms with Crippen molar-refractivity contribution in [3.05, 3.63) is 78.1 Å². The molecule has 0 radical (unpaired) electrons. The Balaban J connectivity index is 2.19. The van der Waals surface area contributed by atoms with Crippen molar-refractivity contribution in [1.82, 2.24) is 0 Å². The van der Waals surface area contributed by atoms with E-state index in [1.807, 2.05) is 48.5 Å². The third-order valence-electron chi connectivity index (χ3n) is 3.79. The first-order valence-electron chi connectivity index (χ1n) is 7.70. The molecule has 0 saturated carbocycles. The topological polar surface area (TPSA) is 70.3 Å². The Hall–Kier alpha value is -3.58. The van der Waals surface area contributed by atoms with Crippen LogP contribution in [0, 0.1) is 11.3 Å². The van der Waals surface area contributed by atoms with Crippen molar-refractivity contribution in [1.29, 1.82) is 5.26 Å². The quantitative estimate of drug-likeness (QED) is 0.554. The van der Waals surface area contributed by atoms with E-state index in [2.05, 4.69) is 6.07 Å². The summed E-state index contributed by atoms with van der Waals surface area (Å²) in [6.07, 6.45) is 1.03. The van der Waals surface area contributed by atoms with Gasteiger partial charge in [0.15, 0.2) is 0 Å². The number of carboxylic acids is 1. The molecule has 25 heavy (non-hydrogen) atoms. The second kappa shape index (κ2) is 6.90. The molecule has 122 valence electrons. The molecule has 0 aromatic heterocycles. The van der Waals surface area contributed by atoms with Gasteiger partial charge in [0, 0.05) is 5.56 Å². The van der Waals surface area contributed by atoms with Crippen LogP contribution in [-0.4, -0.2) is 11.1 Å². The van der Waals surface area contributed by atoms with Gasteiger partial charge in [-0.05, 0) is 41.5 Å². The predicted molar refractivity (Wildman–Crippen MR) is 96.1 cm³/mol. The molecule has 0 aliphatic carbocycles. The van der Waals surface area contributed by atoms with Gasteiger partial charge in [0.05, 0.1) is 17.7 Å². The molecule has 3 aromatic carbocycles. The average molecular weight is 329 g/mol. The van der Waals surface area contributed by atoms with Crippen LogP contribution in [0.4, 0.5) is 0 Å². The van der Waals surface area contributed by atoms with E-state index < -0.39 is 5.97 Å². The number of hydrogen-bond acceptors (Lipinski definition) is 3. The number of fused-ring (bicyclic) bond motifs is 1. The van der Waals surface area contributed by atoms with Crippen molar-refractivity contribution >= 4 is 16.7 Å². The normalized spacial score (nSPS) is 11.1. The number of carboxylic acid groups (broad SMARTS) is 1. The van der Waals surface area contributed by atoms with Crippen LogP contribution in [-0.2, 0) is 4.79 Å². The van der Waals surface area contributed by atoms with Crippen LogP contribution in [0.5, 0.6) is 5.75 Å². The maximum atomic E-state index is 10.9. The van der Waals surface area contributed by atoms with Crippen LogP contribution < -0.4 is 4.74 Å². The van der Waals surface area contributed by atoms with E-state index in [9.17, 15) is 4.79 Å². The van der Waals surface area contributed by atoms with Gasteiger partial charge in [0.1, 0.15) is 11.5 Å². The summed E-state index contributed by atoms with van der Waals surface area (Å²) in [4.78, 5) is 10.9. The highest BCUT2D eigenvalue weighted by molar-refractivity contribution is 5.99.